The molecule has 2 aromatic heterocycles. The fourth-order valence-electron chi connectivity index (χ4n) is 4.51. The number of nitrogens with zero attached hydrogens (tertiary/aromatic N) is 6. The fraction of sp³-hybridized carbons (Fsp3) is 0.619. The van der Waals surface area contributed by atoms with E-state index in [-0.39, 0.29) is 0 Å². The summed E-state index contributed by atoms with van der Waals surface area (Å²) in [5, 5.41) is 0. The first-order valence-corrected chi connectivity index (χ1v) is 10.3. The van der Waals surface area contributed by atoms with Crippen LogP contribution in [0.5, 0.6) is 0 Å². The lowest BCUT2D eigenvalue weighted by atomic mass is 10.0. The highest BCUT2D eigenvalue weighted by atomic mass is 15.3. The highest BCUT2D eigenvalue weighted by molar-refractivity contribution is 5.41. The molecule has 2 aromatic rings. The summed E-state index contributed by atoms with van der Waals surface area (Å²) in [5.74, 6) is 4.67. The van der Waals surface area contributed by atoms with Crippen molar-refractivity contribution in [3.63, 3.8) is 0 Å². The van der Waals surface area contributed by atoms with Gasteiger partial charge in [-0.15, -0.1) is 0 Å². The van der Waals surface area contributed by atoms with Gasteiger partial charge in [0, 0.05) is 68.4 Å². The van der Waals surface area contributed by atoms with Crippen molar-refractivity contribution in [3.05, 3.63) is 41.9 Å². The van der Waals surface area contributed by atoms with Crippen molar-refractivity contribution in [2.75, 3.05) is 31.1 Å². The molecule has 3 aliphatic rings. The van der Waals surface area contributed by atoms with Gasteiger partial charge in [0.15, 0.2) is 0 Å². The molecular weight excluding hydrogens is 336 g/mol. The molecule has 2 aliphatic heterocycles. The standard InChI is InChI=1S/C21H28N6/c1-14(2)19-5-20(25-13-24-19)27-11-17-9-26(10-18(17)12-27)8-15-6-22-21(23-7-15)16-3-4-16/h5-7,13-14,16-18H,3-4,8-12H2,1-2H3. The molecule has 0 radical (unpaired) electrons. The molecule has 5 rings (SSSR count). The van der Waals surface area contributed by atoms with E-state index in [9.17, 15) is 0 Å². The summed E-state index contributed by atoms with van der Waals surface area (Å²) >= 11 is 0. The lowest BCUT2D eigenvalue weighted by Crippen LogP contribution is -2.29. The maximum Gasteiger partial charge on any atom is 0.132 e. The van der Waals surface area contributed by atoms with Crippen LogP contribution in [0.25, 0.3) is 0 Å². The number of hydrogen-bond acceptors (Lipinski definition) is 6. The van der Waals surface area contributed by atoms with Crippen molar-refractivity contribution in [2.45, 2.75) is 45.1 Å². The zero-order valence-electron chi connectivity index (χ0n) is 16.3. The van der Waals surface area contributed by atoms with E-state index in [1.54, 1.807) is 6.33 Å². The molecule has 1 saturated carbocycles. The quantitative estimate of drug-likeness (QED) is 0.813. The van der Waals surface area contributed by atoms with Gasteiger partial charge in [-0.25, -0.2) is 19.9 Å². The Morgan fingerprint density at radius 3 is 2.30 bits per heavy atom. The van der Waals surface area contributed by atoms with Gasteiger partial charge in [-0.2, -0.15) is 0 Å². The second-order valence-corrected chi connectivity index (χ2v) is 8.80. The lowest BCUT2D eigenvalue weighted by molar-refractivity contribution is 0.308. The van der Waals surface area contributed by atoms with Crippen LogP contribution in [-0.4, -0.2) is 51.0 Å². The minimum atomic E-state index is 0.442. The average Bonchev–Trinajstić information content (AvgIpc) is 3.35. The van der Waals surface area contributed by atoms with Crippen molar-refractivity contribution in [2.24, 2.45) is 11.8 Å². The van der Waals surface area contributed by atoms with Crippen LogP contribution in [0.4, 0.5) is 5.82 Å². The van der Waals surface area contributed by atoms with Gasteiger partial charge in [0.2, 0.25) is 0 Å². The van der Waals surface area contributed by atoms with E-state index in [2.05, 4.69) is 49.6 Å². The SMILES string of the molecule is CC(C)c1cc(N2CC3CN(Cc4cnc(C5CC5)nc4)CC3C2)ncn1. The van der Waals surface area contributed by atoms with Crippen LogP contribution in [0.3, 0.4) is 0 Å². The van der Waals surface area contributed by atoms with Crippen LogP contribution in [0.15, 0.2) is 24.8 Å². The van der Waals surface area contributed by atoms with Crippen LogP contribution >= 0.6 is 0 Å². The number of fused-ring (bicyclic) bond motifs is 1. The minimum Gasteiger partial charge on any atom is -0.356 e. The number of likely N-dealkylation sites (tertiary alicyclic amines) is 1. The second kappa shape index (κ2) is 6.82. The predicted octanol–water partition coefficient (Wildman–Crippen LogP) is 2.84. The third kappa shape index (κ3) is 3.55. The summed E-state index contributed by atoms with van der Waals surface area (Å²) in [6, 6.07) is 2.17. The third-order valence-corrected chi connectivity index (χ3v) is 6.23. The Morgan fingerprint density at radius 1 is 0.963 bits per heavy atom. The Labute approximate surface area is 161 Å². The van der Waals surface area contributed by atoms with Crippen molar-refractivity contribution < 1.29 is 0 Å². The molecule has 0 bridgehead atoms. The zero-order valence-corrected chi connectivity index (χ0v) is 16.3. The van der Waals surface area contributed by atoms with E-state index in [0.29, 0.717) is 11.8 Å². The molecule has 0 amide bonds. The monoisotopic (exact) mass is 364 g/mol. The van der Waals surface area contributed by atoms with Crippen molar-refractivity contribution in [1.82, 2.24) is 24.8 Å². The van der Waals surface area contributed by atoms with Gasteiger partial charge in [0.25, 0.3) is 0 Å². The molecular formula is C21H28N6. The average molecular weight is 364 g/mol. The van der Waals surface area contributed by atoms with Crippen molar-refractivity contribution in [1.29, 1.82) is 0 Å². The highest BCUT2D eigenvalue weighted by Gasteiger charge is 2.40. The zero-order chi connectivity index (χ0) is 18.4. The molecule has 0 spiro atoms. The van der Waals surface area contributed by atoms with Crippen LogP contribution in [-0.2, 0) is 6.54 Å². The molecule has 142 valence electrons. The van der Waals surface area contributed by atoms with Gasteiger partial charge in [-0.1, -0.05) is 13.8 Å². The van der Waals surface area contributed by atoms with E-state index in [4.69, 9.17) is 0 Å². The van der Waals surface area contributed by atoms with Gasteiger partial charge >= 0.3 is 0 Å². The summed E-state index contributed by atoms with van der Waals surface area (Å²) in [7, 11) is 0. The number of anilines is 1. The van der Waals surface area contributed by atoms with E-state index in [1.165, 1.54) is 18.4 Å². The van der Waals surface area contributed by atoms with Gasteiger partial charge in [-0.05, 0) is 30.6 Å². The number of hydrogen-bond donors (Lipinski definition) is 0. The molecule has 2 atom stereocenters. The summed E-state index contributed by atoms with van der Waals surface area (Å²) in [6.45, 7) is 9.87. The number of aromatic nitrogens is 4. The molecule has 6 nitrogen and oxygen atoms in total. The highest BCUT2D eigenvalue weighted by Crippen LogP contribution is 2.38. The van der Waals surface area contributed by atoms with E-state index in [0.717, 1.165) is 61.9 Å². The van der Waals surface area contributed by atoms with Crippen LogP contribution < -0.4 is 4.90 Å². The first-order chi connectivity index (χ1) is 13.2. The van der Waals surface area contributed by atoms with Crippen LogP contribution in [0.1, 0.15) is 55.6 Å². The predicted molar refractivity (Wildman–Crippen MR) is 105 cm³/mol. The molecule has 0 aromatic carbocycles. The molecule has 3 fully saturated rings. The number of rotatable bonds is 5. The molecule has 27 heavy (non-hydrogen) atoms. The first kappa shape index (κ1) is 17.0. The summed E-state index contributed by atoms with van der Waals surface area (Å²) in [6.07, 6.45) is 8.31. The summed E-state index contributed by atoms with van der Waals surface area (Å²) in [4.78, 5) is 23.1. The smallest absolute Gasteiger partial charge is 0.132 e. The second-order valence-electron chi connectivity index (χ2n) is 8.80. The van der Waals surface area contributed by atoms with E-state index >= 15 is 0 Å². The Morgan fingerprint density at radius 2 is 1.67 bits per heavy atom. The van der Waals surface area contributed by atoms with Gasteiger partial charge < -0.3 is 4.90 Å². The largest absolute Gasteiger partial charge is 0.356 e. The molecule has 1 aliphatic carbocycles. The molecule has 0 N–H and O–H groups in total. The fourth-order valence-corrected chi connectivity index (χ4v) is 4.51. The third-order valence-electron chi connectivity index (χ3n) is 6.23. The summed E-state index contributed by atoms with van der Waals surface area (Å²) < 4.78 is 0. The normalized spacial score (nSPS) is 25.4. The molecule has 2 saturated heterocycles. The maximum atomic E-state index is 4.57. The Balaban J connectivity index is 1.19. The van der Waals surface area contributed by atoms with Gasteiger partial charge in [0.05, 0.1) is 0 Å². The van der Waals surface area contributed by atoms with Crippen molar-refractivity contribution in [3.8, 4) is 0 Å². The summed E-state index contributed by atoms with van der Waals surface area (Å²) in [5.41, 5.74) is 2.38. The van der Waals surface area contributed by atoms with Crippen molar-refractivity contribution >= 4 is 5.82 Å². The van der Waals surface area contributed by atoms with Crippen LogP contribution in [0.2, 0.25) is 0 Å². The minimum absolute atomic E-state index is 0.442. The first-order valence-electron chi connectivity index (χ1n) is 10.3. The van der Waals surface area contributed by atoms with Gasteiger partial charge in [-0.3, -0.25) is 4.90 Å². The van der Waals surface area contributed by atoms with Crippen LogP contribution in [0, 0.1) is 11.8 Å². The molecule has 6 heteroatoms. The van der Waals surface area contributed by atoms with Gasteiger partial charge in [0.1, 0.15) is 18.0 Å². The Kier molecular flexibility index (Phi) is 4.31. The maximum absolute atomic E-state index is 4.57. The molecule has 2 unspecified atom stereocenters. The topological polar surface area (TPSA) is 58.0 Å². The lowest BCUT2D eigenvalue weighted by Gasteiger charge is -2.22. The van der Waals surface area contributed by atoms with E-state index < -0.39 is 0 Å². The van der Waals surface area contributed by atoms with E-state index in [1.807, 2.05) is 12.4 Å². The molecule has 4 heterocycles. The Hall–Kier alpha value is -2.08. The Bertz CT molecular complexity index is 787.